The fourth-order valence-electron chi connectivity index (χ4n) is 2.43. The number of nitrogens with two attached hydrogens (primary N) is 1. The Bertz CT molecular complexity index is 482. The number of aryl methyl sites for hydroxylation is 1. The molecule has 1 saturated heterocycles. The third-order valence-electron chi connectivity index (χ3n) is 3.79. The van der Waals surface area contributed by atoms with E-state index in [4.69, 9.17) is 15.2 Å². The van der Waals surface area contributed by atoms with Crippen molar-refractivity contribution in [2.45, 2.75) is 24.8 Å². The van der Waals surface area contributed by atoms with Gasteiger partial charge in [0.1, 0.15) is 11.8 Å². The number of hydrogen-bond donors (Lipinski definition) is 2. The predicted molar refractivity (Wildman–Crippen MR) is 70.5 cm³/mol. The highest BCUT2D eigenvalue weighted by atomic mass is 16.5. The maximum Gasteiger partial charge on any atom is 0.321 e. The molecule has 2 rings (SSSR count). The molecule has 0 saturated carbocycles. The van der Waals surface area contributed by atoms with Gasteiger partial charge in [-0.2, -0.15) is 0 Å². The Balaban J connectivity index is 2.50. The summed E-state index contributed by atoms with van der Waals surface area (Å²) in [6, 6.07) is 4.82. The highest BCUT2D eigenvalue weighted by Crippen LogP contribution is 2.40. The van der Waals surface area contributed by atoms with Crippen molar-refractivity contribution in [1.82, 2.24) is 0 Å². The summed E-state index contributed by atoms with van der Waals surface area (Å²) in [5.41, 5.74) is 7.13. The van der Waals surface area contributed by atoms with Gasteiger partial charge in [0.05, 0.1) is 25.7 Å². The molecule has 0 aliphatic carbocycles. The van der Waals surface area contributed by atoms with Crippen LogP contribution in [-0.2, 0) is 21.4 Å². The Labute approximate surface area is 112 Å². The monoisotopic (exact) mass is 265 g/mol. The summed E-state index contributed by atoms with van der Waals surface area (Å²) in [6.07, 6.45) is 0.871. The molecule has 1 heterocycles. The minimum Gasteiger partial charge on any atom is -0.496 e. The van der Waals surface area contributed by atoms with Crippen molar-refractivity contribution in [3.8, 4) is 5.75 Å². The zero-order valence-electron chi connectivity index (χ0n) is 11.2. The minimum absolute atomic E-state index is 0.310. The van der Waals surface area contributed by atoms with Crippen molar-refractivity contribution in [2.75, 3.05) is 20.3 Å². The van der Waals surface area contributed by atoms with Gasteiger partial charge in [-0.3, -0.25) is 4.79 Å². The molecule has 0 amide bonds. The molecule has 19 heavy (non-hydrogen) atoms. The van der Waals surface area contributed by atoms with Crippen LogP contribution in [0.4, 0.5) is 0 Å². The molecule has 1 aromatic carbocycles. The summed E-state index contributed by atoms with van der Waals surface area (Å²) in [7, 11) is 1.57. The van der Waals surface area contributed by atoms with Gasteiger partial charge in [-0.25, -0.2) is 0 Å². The average molecular weight is 265 g/mol. The van der Waals surface area contributed by atoms with E-state index in [0.717, 1.165) is 17.5 Å². The summed E-state index contributed by atoms with van der Waals surface area (Å²) in [5.74, 6) is -0.357. The lowest BCUT2D eigenvalue weighted by Crippen LogP contribution is -2.62. The van der Waals surface area contributed by atoms with Gasteiger partial charge in [-0.1, -0.05) is 19.1 Å². The molecular weight excluding hydrogens is 246 g/mol. The van der Waals surface area contributed by atoms with E-state index in [0.29, 0.717) is 19.0 Å². The van der Waals surface area contributed by atoms with Crippen LogP contribution in [0.25, 0.3) is 0 Å². The minimum atomic E-state index is -1.02. The summed E-state index contributed by atoms with van der Waals surface area (Å²) in [6.45, 7) is 2.67. The van der Waals surface area contributed by atoms with Crippen molar-refractivity contribution < 1.29 is 19.4 Å². The number of benzene rings is 1. The van der Waals surface area contributed by atoms with Crippen molar-refractivity contribution in [1.29, 1.82) is 0 Å². The second kappa shape index (κ2) is 5.19. The van der Waals surface area contributed by atoms with E-state index in [9.17, 15) is 9.90 Å². The van der Waals surface area contributed by atoms with Crippen LogP contribution in [0.15, 0.2) is 18.2 Å². The van der Waals surface area contributed by atoms with Gasteiger partial charge >= 0.3 is 5.97 Å². The maximum atomic E-state index is 11.2. The molecule has 1 fully saturated rings. The molecule has 0 radical (unpaired) electrons. The standard InChI is InChI=1S/C14H19NO4/c1-3-9-4-5-11(18-2)10(6-9)14(7-19-8-14)12(15)13(16)17/h4-6,12H,3,7-8,15H2,1-2H3,(H,16,17). The van der Waals surface area contributed by atoms with E-state index in [-0.39, 0.29) is 0 Å². The highest BCUT2D eigenvalue weighted by molar-refractivity contribution is 5.76. The lowest BCUT2D eigenvalue weighted by molar-refractivity contribution is -0.148. The number of carboxylic acid groups (broad SMARTS) is 1. The number of methoxy groups -OCH3 is 1. The van der Waals surface area contributed by atoms with Gasteiger partial charge in [0, 0.05) is 5.56 Å². The van der Waals surface area contributed by atoms with E-state index < -0.39 is 17.4 Å². The van der Waals surface area contributed by atoms with Gasteiger partial charge in [-0.15, -0.1) is 0 Å². The Morgan fingerprint density at radius 2 is 2.26 bits per heavy atom. The largest absolute Gasteiger partial charge is 0.496 e. The summed E-state index contributed by atoms with van der Waals surface area (Å²) in [4.78, 5) is 11.2. The van der Waals surface area contributed by atoms with Crippen LogP contribution in [0.5, 0.6) is 5.75 Å². The van der Waals surface area contributed by atoms with Gasteiger partial charge in [0.2, 0.25) is 0 Å². The highest BCUT2D eigenvalue weighted by Gasteiger charge is 2.50. The fraction of sp³-hybridized carbons (Fsp3) is 0.500. The summed E-state index contributed by atoms with van der Waals surface area (Å²) in [5, 5.41) is 9.21. The Morgan fingerprint density at radius 3 is 2.68 bits per heavy atom. The van der Waals surface area contributed by atoms with Crippen LogP contribution in [0.3, 0.4) is 0 Å². The lowest BCUT2D eigenvalue weighted by Gasteiger charge is -2.45. The van der Waals surface area contributed by atoms with E-state index in [1.807, 2.05) is 25.1 Å². The number of aliphatic carboxylic acids is 1. The summed E-state index contributed by atoms with van der Waals surface area (Å²) >= 11 is 0. The first kappa shape index (κ1) is 13.8. The molecule has 3 N–H and O–H groups in total. The first-order valence-corrected chi connectivity index (χ1v) is 6.28. The van der Waals surface area contributed by atoms with Gasteiger partial charge < -0.3 is 20.3 Å². The Kier molecular flexibility index (Phi) is 3.78. The smallest absolute Gasteiger partial charge is 0.321 e. The lowest BCUT2D eigenvalue weighted by atomic mass is 9.72. The van der Waals surface area contributed by atoms with E-state index >= 15 is 0 Å². The van der Waals surface area contributed by atoms with Gasteiger partial charge in [0.25, 0.3) is 0 Å². The molecule has 1 atom stereocenters. The topological polar surface area (TPSA) is 81.8 Å². The van der Waals surface area contributed by atoms with Crippen molar-refractivity contribution >= 4 is 5.97 Å². The van der Waals surface area contributed by atoms with Crippen LogP contribution < -0.4 is 10.5 Å². The Morgan fingerprint density at radius 1 is 1.58 bits per heavy atom. The number of ether oxygens (including phenoxy) is 2. The molecule has 0 aromatic heterocycles. The maximum absolute atomic E-state index is 11.2. The van der Waals surface area contributed by atoms with E-state index in [2.05, 4.69) is 0 Å². The molecule has 0 bridgehead atoms. The molecule has 5 heteroatoms. The zero-order valence-corrected chi connectivity index (χ0v) is 11.2. The van der Waals surface area contributed by atoms with Crippen LogP contribution in [0.1, 0.15) is 18.1 Å². The second-order valence-electron chi connectivity index (χ2n) is 4.85. The molecule has 104 valence electrons. The summed E-state index contributed by atoms with van der Waals surface area (Å²) < 4.78 is 10.6. The quantitative estimate of drug-likeness (QED) is 0.828. The van der Waals surface area contributed by atoms with Gasteiger partial charge in [0.15, 0.2) is 0 Å². The molecular formula is C14H19NO4. The van der Waals surface area contributed by atoms with Crippen molar-refractivity contribution in [3.63, 3.8) is 0 Å². The van der Waals surface area contributed by atoms with Crippen LogP contribution in [-0.4, -0.2) is 37.4 Å². The molecule has 1 aliphatic heterocycles. The van der Waals surface area contributed by atoms with Crippen molar-refractivity contribution in [2.24, 2.45) is 5.73 Å². The van der Waals surface area contributed by atoms with Crippen LogP contribution in [0.2, 0.25) is 0 Å². The van der Waals surface area contributed by atoms with E-state index in [1.54, 1.807) is 7.11 Å². The van der Waals surface area contributed by atoms with E-state index in [1.165, 1.54) is 0 Å². The van der Waals surface area contributed by atoms with Crippen LogP contribution >= 0.6 is 0 Å². The number of carboxylic acids is 1. The molecule has 1 unspecified atom stereocenters. The first-order valence-electron chi connectivity index (χ1n) is 6.28. The third-order valence-corrected chi connectivity index (χ3v) is 3.79. The number of carbonyl (C=O) groups is 1. The molecule has 5 nitrogen and oxygen atoms in total. The second-order valence-corrected chi connectivity index (χ2v) is 4.85. The Hall–Kier alpha value is -1.59. The van der Waals surface area contributed by atoms with Gasteiger partial charge in [-0.05, 0) is 18.1 Å². The molecule has 1 aromatic rings. The SMILES string of the molecule is CCc1ccc(OC)c(C2(C(N)C(=O)O)COC2)c1. The van der Waals surface area contributed by atoms with Crippen molar-refractivity contribution in [3.05, 3.63) is 29.3 Å². The third kappa shape index (κ3) is 2.19. The average Bonchev–Trinajstić information content (AvgIpc) is 2.37. The fourth-order valence-corrected chi connectivity index (χ4v) is 2.43. The first-order chi connectivity index (χ1) is 9.05. The predicted octanol–water partition coefficient (Wildman–Crippen LogP) is 0.937. The zero-order chi connectivity index (χ0) is 14.0. The molecule has 0 spiro atoms. The number of rotatable bonds is 5. The number of hydrogen-bond acceptors (Lipinski definition) is 4. The normalized spacial score (nSPS) is 18.5. The van der Waals surface area contributed by atoms with Crippen LogP contribution in [0, 0.1) is 0 Å². The molecule has 1 aliphatic rings.